The van der Waals surface area contributed by atoms with Gasteiger partial charge in [-0.25, -0.2) is 0 Å². The summed E-state index contributed by atoms with van der Waals surface area (Å²) in [6, 6.07) is 0. The first-order valence-corrected chi connectivity index (χ1v) is 5.62. The van der Waals surface area contributed by atoms with Crippen molar-refractivity contribution in [2.45, 2.75) is 34.1 Å². The van der Waals surface area contributed by atoms with E-state index in [0.29, 0.717) is 0 Å². The molecule has 3 heteroatoms. The fourth-order valence-electron chi connectivity index (χ4n) is 0.927. The van der Waals surface area contributed by atoms with Crippen LogP contribution >= 0.6 is 0 Å². The lowest BCUT2D eigenvalue weighted by Crippen LogP contribution is -2.43. The summed E-state index contributed by atoms with van der Waals surface area (Å²) in [6.07, 6.45) is 2.17. The second-order valence-corrected chi connectivity index (χ2v) is 3.15. The first-order chi connectivity index (χ1) is 6.74. The van der Waals surface area contributed by atoms with Crippen molar-refractivity contribution in [1.29, 1.82) is 0 Å². The molecule has 0 aromatic carbocycles. The van der Waals surface area contributed by atoms with E-state index in [1.54, 1.807) is 4.90 Å². The first kappa shape index (κ1) is 15.9. The number of amides is 1. The van der Waals surface area contributed by atoms with Gasteiger partial charge >= 0.3 is 0 Å². The van der Waals surface area contributed by atoms with Gasteiger partial charge in [0.1, 0.15) is 0 Å². The molecule has 0 radical (unpaired) electrons. The van der Waals surface area contributed by atoms with Crippen LogP contribution in [0.3, 0.4) is 0 Å². The van der Waals surface area contributed by atoms with E-state index in [2.05, 4.69) is 25.8 Å². The lowest BCUT2D eigenvalue weighted by Gasteiger charge is -2.29. The standard InChI is InChI=1S/C6H12N2O.C3H8.C2H6/c1-7-2-4-8(6-9)5-3-7;1-3-2;1-2/h6H,2-5H2,1H3;3H2,1-2H3;1-2H3. The number of piperazine rings is 1. The maximum Gasteiger partial charge on any atom is 0.209 e. The Hall–Kier alpha value is -0.570. The summed E-state index contributed by atoms with van der Waals surface area (Å²) in [7, 11) is 2.07. The fourth-order valence-corrected chi connectivity index (χ4v) is 0.927. The van der Waals surface area contributed by atoms with Crippen molar-refractivity contribution < 1.29 is 4.79 Å². The van der Waals surface area contributed by atoms with Crippen molar-refractivity contribution in [3.05, 3.63) is 0 Å². The van der Waals surface area contributed by atoms with Gasteiger partial charge in [-0.05, 0) is 7.05 Å². The van der Waals surface area contributed by atoms with Gasteiger partial charge in [0, 0.05) is 26.2 Å². The quantitative estimate of drug-likeness (QED) is 0.606. The lowest BCUT2D eigenvalue weighted by atomic mass is 10.4. The smallest absolute Gasteiger partial charge is 0.209 e. The summed E-state index contributed by atoms with van der Waals surface area (Å²) >= 11 is 0. The fraction of sp³-hybridized carbons (Fsp3) is 0.909. The van der Waals surface area contributed by atoms with Crippen LogP contribution in [0.15, 0.2) is 0 Å². The molecule has 1 aliphatic heterocycles. The van der Waals surface area contributed by atoms with E-state index in [1.807, 2.05) is 13.8 Å². The van der Waals surface area contributed by atoms with Crippen LogP contribution in [0, 0.1) is 0 Å². The molecule has 1 saturated heterocycles. The number of hydrogen-bond donors (Lipinski definition) is 0. The molecule has 1 heterocycles. The van der Waals surface area contributed by atoms with Crippen LogP contribution < -0.4 is 0 Å². The molecule has 3 nitrogen and oxygen atoms in total. The van der Waals surface area contributed by atoms with E-state index < -0.39 is 0 Å². The Kier molecular flexibility index (Phi) is 14.1. The minimum Gasteiger partial charge on any atom is -0.343 e. The molecular weight excluding hydrogens is 176 g/mol. The molecule has 1 rings (SSSR count). The highest BCUT2D eigenvalue weighted by Gasteiger charge is 2.10. The van der Waals surface area contributed by atoms with Gasteiger partial charge in [-0.1, -0.05) is 34.1 Å². The van der Waals surface area contributed by atoms with Crippen molar-refractivity contribution >= 4 is 6.41 Å². The number of nitrogens with zero attached hydrogens (tertiary/aromatic N) is 2. The van der Waals surface area contributed by atoms with Gasteiger partial charge in [-0.15, -0.1) is 0 Å². The predicted octanol–water partition coefficient (Wildman–Crippen LogP) is 1.83. The minimum absolute atomic E-state index is 0.889. The highest BCUT2D eigenvalue weighted by atomic mass is 16.1. The monoisotopic (exact) mass is 202 g/mol. The zero-order valence-electron chi connectivity index (χ0n) is 10.4. The third kappa shape index (κ3) is 9.52. The van der Waals surface area contributed by atoms with Gasteiger partial charge in [0.15, 0.2) is 0 Å². The number of hydrogen-bond acceptors (Lipinski definition) is 2. The summed E-state index contributed by atoms with van der Waals surface area (Å²) in [5.41, 5.74) is 0. The summed E-state index contributed by atoms with van der Waals surface area (Å²) in [4.78, 5) is 14.2. The van der Waals surface area contributed by atoms with E-state index >= 15 is 0 Å². The summed E-state index contributed by atoms with van der Waals surface area (Å²) in [5, 5.41) is 0. The highest BCUT2D eigenvalue weighted by molar-refractivity contribution is 5.47. The SMILES string of the molecule is CC.CCC.CN1CCN(C=O)CC1. The molecule has 0 aromatic heterocycles. The molecule has 0 spiro atoms. The Balaban J connectivity index is 0. The van der Waals surface area contributed by atoms with Gasteiger partial charge in [0.25, 0.3) is 0 Å². The van der Waals surface area contributed by atoms with Crippen molar-refractivity contribution in [2.24, 2.45) is 0 Å². The van der Waals surface area contributed by atoms with Gasteiger partial charge in [-0.2, -0.15) is 0 Å². The molecule has 0 aliphatic carbocycles. The van der Waals surface area contributed by atoms with E-state index in [1.165, 1.54) is 6.42 Å². The lowest BCUT2D eigenvalue weighted by molar-refractivity contribution is -0.119. The molecule has 0 N–H and O–H groups in total. The van der Waals surface area contributed by atoms with E-state index in [9.17, 15) is 4.79 Å². The average Bonchev–Trinajstić information content (AvgIpc) is 2.23. The van der Waals surface area contributed by atoms with Gasteiger partial charge < -0.3 is 9.80 Å². The Morgan fingerprint density at radius 3 is 1.71 bits per heavy atom. The van der Waals surface area contributed by atoms with Crippen molar-refractivity contribution in [2.75, 3.05) is 33.2 Å². The Labute approximate surface area is 89.1 Å². The molecule has 0 saturated carbocycles. The van der Waals surface area contributed by atoms with E-state index in [-0.39, 0.29) is 0 Å². The third-order valence-corrected chi connectivity index (χ3v) is 1.69. The largest absolute Gasteiger partial charge is 0.343 e. The molecule has 0 unspecified atom stereocenters. The Morgan fingerprint density at radius 1 is 1.07 bits per heavy atom. The van der Waals surface area contributed by atoms with Crippen LogP contribution in [-0.2, 0) is 4.79 Å². The molecule has 0 aromatic rings. The molecule has 14 heavy (non-hydrogen) atoms. The minimum atomic E-state index is 0.889. The van der Waals surface area contributed by atoms with E-state index in [4.69, 9.17) is 0 Å². The molecule has 1 fully saturated rings. The van der Waals surface area contributed by atoms with Gasteiger partial charge in [0.05, 0.1) is 0 Å². The summed E-state index contributed by atoms with van der Waals surface area (Å²) in [5.74, 6) is 0. The normalized spacial score (nSPS) is 15.9. The predicted molar refractivity (Wildman–Crippen MR) is 62.4 cm³/mol. The average molecular weight is 202 g/mol. The number of likely N-dealkylation sites (N-methyl/N-ethyl adjacent to an activating group) is 1. The maximum absolute atomic E-state index is 10.2. The van der Waals surface area contributed by atoms with Crippen LogP contribution in [0.1, 0.15) is 34.1 Å². The number of carbonyl (C=O) groups is 1. The van der Waals surface area contributed by atoms with Crippen molar-refractivity contribution in [3.8, 4) is 0 Å². The highest BCUT2D eigenvalue weighted by Crippen LogP contribution is 1.94. The van der Waals surface area contributed by atoms with Crippen LogP contribution in [0.5, 0.6) is 0 Å². The van der Waals surface area contributed by atoms with E-state index in [0.717, 1.165) is 32.6 Å². The van der Waals surface area contributed by atoms with Crippen LogP contribution in [0.4, 0.5) is 0 Å². The molecule has 1 aliphatic rings. The zero-order chi connectivity index (χ0) is 11.4. The molecule has 0 atom stereocenters. The topological polar surface area (TPSA) is 23.6 Å². The Morgan fingerprint density at radius 2 is 1.43 bits per heavy atom. The molecular formula is C11H26N2O. The summed E-state index contributed by atoms with van der Waals surface area (Å²) in [6.45, 7) is 12.1. The zero-order valence-corrected chi connectivity index (χ0v) is 10.4. The maximum atomic E-state index is 10.2. The number of carbonyl (C=O) groups excluding carboxylic acids is 1. The van der Waals surface area contributed by atoms with Gasteiger partial charge in [-0.3, -0.25) is 4.79 Å². The second kappa shape index (κ2) is 12.4. The first-order valence-electron chi connectivity index (χ1n) is 5.62. The van der Waals surface area contributed by atoms with Crippen molar-refractivity contribution in [3.63, 3.8) is 0 Å². The van der Waals surface area contributed by atoms with Crippen LogP contribution in [0.25, 0.3) is 0 Å². The summed E-state index contributed by atoms with van der Waals surface area (Å²) < 4.78 is 0. The van der Waals surface area contributed by atoms with Crippen LogP contribution in [0.2, 0.25) is 0 Å². The molecule has 1 amide bonds. The Bertz CT molecular complexity index is 110. The van der Waals surface area contributed by atoms with Crippen molar-refractivity contribution in [1.82, 2.24) is 9.80 Å². The molecule has 0 bridgehead atoms. The van der Waals surface area contributed by atoms with Gasteiger partial charge in [0.2, 0.25) is 6.41 Å². The third-order valence-electron chi connectivity index (χ3n) is 1.69. The molecule has 86 valence electrons. The second-order valence-electron chi connectivity index (χ2n) is 3.15. The van der Waals surface area contributed by atoms with Crippen LogP contribution in [-0.4, -0.2) is 49.4 Å². The number of rotatable bonds is 1.